The van der Waals surface area contributed by atoms with E-state index in [1.807, 2.05) is 35.3 Å². The third-order valence-electron chi connectivity index (χ3n) is 4.60. The first-order chi connectivity index (χ1) is 11.4. The van der Waals surface area contributed by atoms with Crippen molar-refractivity contribution in [1.82, 2.24) is 24.7 Å². The molecule has 23 heavy (non-hydrogen) atoms. The molecule has 0 saturated carbocycles. The number of nitrogens with zero attached hydrogens (tertiary/aromatic N) is 4. The molecule has 1 atom stereocenters. The van der Waals surface area contributed by atoms with Crippen LogP contribution in [0.5, 0.6) is 0 Å². The van der Waals surface area contributed by atoms with Crippen molar-refractivity contribution in [1.29, 1.82) is 0 Å². The summed E-state index contributed by atoms with van der Waals surface area (Å²) in [5, 5.41) is 3.48. The van der Waals surface area contributed by atoms with Crippen LogP contribution >= 0.6 is 0 Å². The summed E-state index contributed by atoms with van der Waals surface area (Å²) >= 11 is 0. The molecule has 4 rings (SSSR count). The van der Waals surface area contributed by atoms with Crippen LogP contribution in [0.1, 0.15) is 24.8 Å². The van der Waals surface area contributed by atoms with Gasteiger partial charge in [0, 0.05) is 30.4 Å². The normalized spacial score (nSPS) is 18.9. The fourth-order valence-corrected chi connectivity index (χ4v) is 3.41. The fraction of sp³-hybridized carbons (Fsp3) is 0.389. The Balaban J connectivity index is 1.61. The second kappa shape index (κ2) is 6.46. The zero-order chi connectivity index (χ0) is 15.5. The molecule has 0 spiro atoms. The average molecular weight is 307 g/mol. The van der Waals surface area contributed by atoms with Crippen LogP contribution in [0.4, 0.5) is 0 Å². The summed E-state index contributed by atoms with van der Waals surface area (Å²) in [5.41, 5.74) is 3.47. The predicted octanol–water partition coefficient (Wildman–Crippen LogP) is 2.72. The minimum absolute atomic E-state index is 0.725. The first kappa shape index (κ1) is 14.3. The average Bonchev–Trinajstić information content (AvgIpc) is 2.85. The molecule has 0 bridgehead atoms. The van der Waals surface area contributed by atoms with Gasteiger partial charge in [-0.1, -0.05) is 0 Å². The molecular weight excluding hydrogens is 286 g/mol. The number of pyridine rings is 1. The molecule has 1 saturated heterocycles. The second-order valence-electron chi connectivity index (χ2n) is 6.27. The van der Waals surface area contributed by atoms with Gasteiger partial charge in [0.25, 0.3) is 0 Å². The third kappa shape index (κ3) is 3.10. The molecule has 5 heteroatoms. The molecule has 1 aliphatic rings. The molecule has 0 aliphatic carbocycles. The Hall–Kier alpha value is -2.27. The van der Waals surface area contributed by atoms with Gasteiger partial charge in [-0.3, -0.25) is 9.38 Å². The molecule has 1 aliphatic heterocycles. The van der Waals surface area contributed by atoms with Crippen LogP contribution in [0.2, 0.25) is 0 Å². The summed E-state index contributed by atoms with van der Waals surface area (Å²) in [7, 11) is 0. The van der Waals surface area contributed by atoms with Crippen LogP contribution in [0.3, 0.4) is 0 Å². The van der Waals surface area contributed by atoms with Gasteiger partial charge in [-0.2, -0.15) is 0 Å². The van der Waals surface area contributed by atoms with Gasteiger partial charge >= 0.3 is 0 Å². The zero-order valence-corrected chi connectivity index (χ0v) is 13.2. The number of fused-ring (bicyclic) bond motifs is 1. The number of hydrogen-bond donors (Lipinski definition) is 1. The Labute approximate surface area is 135 Å². The van der Waals surface area contributed by atoms with E-state index in [4.69, 9.17) is 0 Å². The molecule has 1 N–H and O–H groups in total. The number of rotatable bonds is 3. The second-order valence-corrected chi connectivity index (χ2v) is 6.27. The van der Waals surface area contributed by atoms with Gasteiger partial charge in [-0.15, -0.1) is 0 Å². The molecule has 0 aromatic carbocycles. The highest BCUT2D eigenvalue weighted by atomic mass is 15.1. The fourth-order valence-electron chi connectivity index (χ4n) is 3.41. The first-order valence-electron chi connectivity index (χ1n) is 8.33. The van der Waals surface area contributed by atoms with Gasteiger partial charge in [0.15, 0.2) is 0 Å². The van der Waals surface area contributed by atoms with E-state index in [0.717, 1.165) is 42.5 Å². The van der Waals surface area contributed by atoms with Crippen LogP contribution in [-0.4, -0.2) is 32.4 Å². The van der Waals surface area contributed by atoms with Crippen molar-refractivity contribution in [2.45, 2.75) is 25.7 Å². The highest BCUT2D eigenvalue weighted by Crippen LogP contribution is 2.23. The maximum absolute atomic E-state index is 4.46. The molecule has 4 heterocycles. The Kier molecular flexibility index (Phi) is 4.03. The lowest BCUT2D eigenvalue weighted by Crippen LogP contribution is -2.14. The standard InChI is InChI=1S/C18H21N5/c1-3-14(4-7-19-5-1)9-15-10-16(12-20-11-15)17-13-22-18-21-6-2-8-23(17)18/h2,6,8,10-14,19H,1,3-5,7,9H2/t14-/m1/s1. The van der Waals surface area contributed by atoms with Crippen LogP contribution in [0.25, 0.3) is 17.0 Å². The van der Waals surface area contributed by atoms with E-state index in [9.17, 15) is 0 Å². The topological polar surface area (TPSA) is 55.1 Å². The van der Waals surface area contributed by atoms with Crippen molar-refractivity contribution in [2.75, 3.05) is 13.1 Å². The highest BCUT2D eigenvalue weighted by molar-refractivity contribution is 5.61. The van der Waals surface area contributed by atoms with Crippen LogP contribution < -0.4 is 5.32 Å². The molecule has 3 aromatic rings. The van der Waals surface area contributed by atoms with Crippen LogP contribution in [-0.2, 0) is 6.42 Å². The molecule has 5 nitrogen and oxygen atoms in total. The smallest absolute Gasteiger partial charge is 0.234 e. The number of nitrogens with one attached hydrogen (secondary N) is 1. The van der Waals surface area contributed by atoms with Gasteiger partial charge in [-0.25, -0.2) is 9.97 Å². The zero-order valence-electron chi connectivity index (χ0n) is 13.2. The maximum atomic E-state index is 4.46. The molecule has 0 radical (unpaired) electrons. The van der Waals surface area contributed by atoms with Crippen molar-refractivity contribution in [3.05, 3.63) is 48.7 Å². The summed E-state index contributed by atoms with van der Waals surface area (Å²) < 4.78 is 2.01. The lowest BCUT2D eigenvalue weighted by Gasteiger charge is -2.13. The van der Waals surface area contributed by atoms with Gasteiger partial charge in [0.05, 0.1) is 11.9 Å². The summed E-state index contributed by atoms with van der Waals surface area (Å²) in [6.45, 7) is 2.29. The van der Waals surface area contributed by atoms with Crippen molar-refractivity contribution in [3.63, 3.8) is 0 Å². The summed E-state index contributed by atoms with van der Waals surface area (Å²) in [6.07, 6.45) is 14.5. The van der Waals surface area contributed by atoms with E-state index in [2.05, 4.69) is 26.3 Å². The van der Waals surface area contributed by atoms with Crippen molar-refractivity contribution >= 4 is 5.78 Å². The van der Waals surface area contributed by atoms with E-state index < -0.39 is 0 Å². The number of imidazole rings is 1. The SMILES string of the molecule is c1cnc2ncc(-c3cncc(C[C@@H]4CCCNCC4)c3)n2c1. The van der Waals surface area contributed by atoms with Gasteiger partial charge in [0.1, 0.15) is 0 Å². The van der Waals surface area contributed by atoms with Gasteiger partial charge in [0.2, 0.25) is 5.78 Å². The quantitative estimate of drug-likeness (QED) is 0.808. The van der Waals surface area contributed by atoms with E-state index in [1.165, 1.54) is 24.8 Å². The molecule has 3 aromatic heterocycles. The van der Waals surface area contributed by atoms with E-state index in [1.54, 1.807) is 6.20 Å². The van der Waals surface area contributed by atoms with E-state index in [0.29, 0.717) is 0 Å². The Morgan fingerprint density at radius 2 is 2.13 bits per heavy atom. The number of aromatic nitrogens is 4. The maximum Gasteiger partial charge on any atom is 0.234 e. The van der Waals surface area contributed by atoms with E-state index >= 15 is 0 Å². The van der Waals surface area contributed by atoms with Crippen LogP contribution in [0, 0.1) is 5.92 Å². The van der Waals surface area contributed by atoms with Gasteiger partial charge < -0.3 is 5.32 Å². The summed E-state index contributed by atoms with van der Waals surface area (Å²) in [6, 6.07) is 4.18. The van der Waals surface area contributed by atoms with Crippen molar-refractivity contribution in [3.8, 4) is 11.3 Å². The highest BCUT2D eigenvalue weighted by Gasteiger charge is 2.14. The number of hydrogen-bond acceptors (Lipinski definition) is 4. The lowest BCUT2D eigenvalue weighted by molar-refractivity contribution is 0.469. The summed E-state index contributed by atoms with van der Waals surface area (Å²) in [4.78, 5) is 13.1. The molecular formula is C18H21N5. The van der Waals surface area contributed by atoms with Crippen LogP contribution in [0.15, 0.2) is 43.1 Å². The third-order valence-corrected chi connectivity index (χ3v) is 4.60. The summed E-state index contributed by atoms with van der Waals surface area (Å²) in [5.74, 6) is 1.48. The van der Waals surface area contributed by atoms with Crippen molar-refractivity contribution < 1.29 is 0 Å². The molecule has 0 amide bonds. The Morgan fingerprint density at radius 3 is 3.13 bits per heavy atom. The molecule has 1 fully saturated rings. The minimum Gasteiger partial charge on any atom is -0.317 e. The van der Waals surface area contributed by atoms with E-state index in [-0.39, 0.29) is 0 Å². The largest absolute Gasteiger partial charge is 0.317 e. The Morgan fingerprint density at radius 1 is 1.13 bits per heavy atom. The monoisotopic (exact) mass is 307 g/mol. The minimum atomic E-state index is 0.725. The lowest BCUT2D eigenvalue weighted by atomic mass is 9.93. The molecule has 118 valence electrons. The predicted molar refractivity (Wildman–Crippen MR) is 90.1 cm³/mol. The van der Waals surface area contributed by atoms with Gasteiger partial charge in [-0.05, 0) is 62.4 Å². The Bertz CT molecular complexity index is 787. The first-order valence-corrected chi connectivity index (χ1v) is 8.33. The molecule has 0 unspecified atom stereocenters. The van der Waals surface area contributed by atoms with Crippen molar-refractivity contribution in [2.24, 2.45) is 5.92 Å².